The number of ketones is 1. The van der Waals surface area contributed by atoms with Crippen LogP contribution in [0.25, 0.3) is 0 Å². The van der Waals surface area contributed by atoms with Crippen LogP contribution in [0, 0.1) is 0 Å². The van der Waals surface area contributed by atoms with E-state index >= 15 is 0 Å². The molecule has 2 aromatic rings. The Balaban J connectivity index is 2.20. The van der Waals surface area contributed by atoms with Crippen molar-refractivity contribution in [2.75, 3.05) is 0 Å². The Labute approximate surface area is 150 Å². The van der Waals surface area contributed by atoms with Crippen LogP contribution in [0.4, 0.5) is 0 Å². The van der Waals surface area contributed by atoms with Crippen molar-refractivity contribution in [1.82, 2.24) is 10.6 Å². The first-order valence-electron chi connectivity index (χ1n) is 7.67. The number of phenols is 1. The second kappa shape index (κ2) is 7.98. The number of carbonyl (C=O) groups excluding carboxylic acids is 3. The highest BCUT2D eigenvalue weighted by Gasteiger charge is 2.18. The van der Waals surface area contributed by atoms with Crippen LogP contribution in [0.1, 0.15) is 29.8 Å². The minimum Gasteiger partial charge on any atom is -0.507 e. The van der Waals surface area contributed by atoms with Crippen molar-refractivity contribution in [1.29, 1.82) is 0 Å². The zero-order valence-electron chi connectivity index (χ0n) is 14.4. The molecule has 2 aromatic carbocycles. The molecular formula is C19H18N2O5. The number of nitrogens with zero attached hydrogens (tertiary/aromatic N) is 1. The first-order valence-corrected chi connectivity index (χ1v) is 7.67. The molecule has 7 nitrogen and oxygen atoms in total. The number of hydrazine groups is 1. The van der Waals surface area contributed by atoms with E-state index in [2.05, 4.69) is 12.0 Å². The van der Waals surface area contributed by atoms with Gasteiger partial charge in [0.25, 0.3) is 11.8 Å². The Morgan fingerprint density at radius 1 is 1.08 bits per heavy atom. The SMILES string of the molecule is C=C(C)C(=O)NN(Oc1ccc(C(=O)c2ccccc2)c(O)c1)C(C)=O. The molecule has 7 heteroatoms. The lowest BCUT2D eigenvalue weighted by molar-refractivity contribution is -0.171. The number of carbonyl (C=O) groups is 3. The maximum Gasteiger partial charge on any atom is 0.275 e. The number of hydrogen-bond donors (Lipinski definition) is 2. The maximum absolute atomic E-state index is 12.4. The molecule has 134 valence electrons. The summed E-state index contributed by atoms with van der Waals surface area (Å²) in [5.74, 6) is -1.80. The van der Waals surface area contributed by atoms with Gasteiger partial charge in [0.15, 0.2) is 11.5 Å². The van der Waals surface area contributed by atoms with Gasteiger partial charge in [-0.05, 0) is 19.1 Å². The summed E-state index contributed by atoms with van der Waals surface area (Å²) in [6.07, 6.45) is 0. The van der Waals surface area contributed by atoms with Crippen molar-refractivity contribution in [2.45, 2.75) is 13.8 Å². The Kier molecular flexibility index (Phi) is 5.74. The smallest absolute Gasteiger partial charge is 0.275 e. The van der Waals surface area contributed by atoms with Crippen molar-refractivity contribution in [3.8, 4) is 11.5 Å². The fourth-order valence-electron chi connectivity index (χ4n) is 1.96. The van der Waals surface area contributed by atoms with E-state index in [0.29, 0.717) is 10.7 Å². The Morgan fingerprint density at radius 3 is 2.27 bits per heavy atom. The molecule has 0 saturated heterocycles. The summed E-state index contributed by atoms with van der Waals surface area (Å²) in [4.78, 5) is 40.9. The summed E-state index contributed by atoms with van der Waals surface area (Å²) in [5.41, 5.74) is 2.92. The van der Waals surface area contributed by atoms with Gasteiger partial charge in [-0.25, -0.2) is 5.43 Å². The third kappa shape index (κ3) is 4.47. The summed E-state index contributed by atoms with van der Waals surface area (Å²) >= 11 is 0. The van der Waals surface area contributed by atoms with Crippen LogP contribution < -0.4 is 10.3 Å². The van der Waals surface area contributed by atoms with Gasteiger partial charge < -0.3 is 9.94 Å². The van der Waals surface area contributed by atoms with Gasteiger partial charge in [0.05, 0.1) is 5.56 Å². The van der Waals surface area contributed by atoms with Gasteiger partial charge in [0.2, 0.25) is 0 Å². The molecule has 0 saturated carbocycles. The normalized spacial score (nSPS) is 9.92. The van der Waals surface area contributed by atoms with Crippen molar-refractivity contribution in [2.24, 2.45) is 0 Å². The van der Waals surface area contributed by atoms with Gasteiger partial charge in [-0.15, -0.1) is 0 Å². The van der Waals surface area contributed by atoms with Gasteiger partial charge in [-0.1, -0.05) is 42.1 Å². The highest BCUT2D eigenvalue weighted by Crippen LogP contribution is 2.26. The lowest BCUT2D eigenvalue weighted by Gasteiger charge is -2.21. The quantitative estimate of drug-likeness (QED) is 0.488. The first kappa shape index (κ1) is 18.7. The zero-order valence-corrected chi connectivity index (χ0v) is 14.4. The zero-order chi connectivity index (χ0) is 19.3. The second-order valence-electron chi connectivity index (χ2n) is 5.50. The van der Waals surface area contributed by atoms with Gasteiger partial charge in [-0.3, -0.25) is 14.4 Å². The monoisotopic (exact) mass is 354 g/mol. The summed E-state index contributed by atoms with van der Waals surface area (Å²) in [6.45, 7) is 6.13. The molecule has 2 rings (SSSR count). The molecule has 2 N–H and O–H groups in total. The van der Waals surface area contributed by atoms with E-state index in [1.807, 2.05) is 0 Å². The highest BCUT2D eigenvalue weighted by molar-refractivity contribution is 6.10. The number of phenolic OH excluding ortho intramolecular Hbond substituents is 1. The van der Waals surface area contributed by atoms with Crippen molar-refractivity contribution in [3.05, 3.63) is 71.8 Å². The molecule has 0 atom stereocenters. The standard InChI is InChI=1S/C19H18N2O5/c1-12(2)19(25)20-21(13(3)22)26-15-9-10-16(17(23)11-15)18(24)14-7-5-4-6-8-14/h4-11,23H,1H2,2-3H3,(H,20,25). The minimum atomic E-state index is -0.597. The fraction of sp³-hybridized carbons (Fsp3) is 0.105. The largest absolute Gasteiger partial charge is 0.507 e. The van der Waals surface area contributed by atoms with E-state index in [1.165, 1.54) is 32.0 Å². The molecule has 26 heavy (non-hydrogen) atoms. The fourth-order valence-corrected chi connectivity index (χ4v) is 1.96. The molecule has 0 bridgehead atoms. The van der Waals surface area contributed by atoms with Crippen molar-refractivity contribution < 1.29 is 24.3 Å². The van der Waals surface area contributed by atoms with Crippen LogP contribution in [0.15, 0.2) is 60.7 Å². The lowest BCUT2D eigenvalue weighted by Crippen LogP contribution is -2.47. The Bertz CT molecular complexity index is 861. The van der Waals surface area contributed by atoms with Gasteiger partial charge in [0, 0.05) is 24.1 Å². The average molecular weight is 354 g/mol. The number of hydroxylamine groups is 1. The number of benzene rings is 2. The summed E-state index contributed by atoms with van der Waals surface area (Å²) in [7, 11) is 0. The molecular weight excluding hydrogens is 336 g/mol. The lowest BCUT2D eigenvalue weighted by atomic mass is 10.0. The summed E-state index contributed by atoms with van der Waals surface area (Å²) < 4.78 is 0. The summed E-state index contributed by atoms with van der Waals surface area (Å²) in [5, 5.41) is 10.8. The molecule has 0 unspecified atom stereocenters. The van der Waals surface area contributed by atoms with Crippen molar-refractivity contribution >= 4 is 17.6 Å². The molecule has 0 radical (unpaired) electrons. The molecule has 0 aliphatic rings. The number of nitrogens with one attached hydrogen (secondary N) is 1. The highest BCUT2D eigenvalue weighted by atomic mass is 16.7. The van der Waals surface area contributed by atoms with Crippen LogP contribution >= 0.6 is 0 Å². The van der Waals surface area contributed by atoms with E-state index in [9.17, 15) is 19.5 Å². The second-order valence-corrected chi connectivity index (χ2v) is 5.50. The van der Waals surface area contributed by atoms with E-state index in [0.717, 1.165) is 0 Å². The number of hydrogen-bond acceptors (Lipinski definition) is 5. The van der Waals surface area contributed by atoms with E-state index in [1.54, 1.807) is 30.3 Å². The molecule has 0 aliphatic heterocycles. The average Bonchev–Trinajstić information content (AvgIpc) is 2.61. The van der Waals surface area contributed by atoms with Crippen LogP contribution in [0.2, 0.25) is 0 Å². The number of rotatable bonds is 5. The van der Waals surface area contributed by atoms with Gasteiger partial charge >= 0.3 is 0 Å². The van der Waals surface area contributed by atoms with E-state index in [-0.39, 0.29) is 28.4 Å². The van der Waals surface area contributed by atoms with E-state index in [4.69, 9.17) is 4.84 Å². The van der Waals surface area contributed by atoms with Gasteiger partial charge in [-0.2, -0.15) is 0 Å². The number of amides is 2. The van der Waals surface area contributed by atoms with Crippen LogP contribution in [-0.4, -0.2) is 27.9 Å². The summed E-state index contributed by atoms with van der Waals surface area (Å²) in [6, 6.07) is 12.4. The Hall–Kier alpha value is -3.61. The molecule has 0 aliphatic carbocycles. The molecule has 0 aromatic heterocycles. The third-order valence-corrected chi connectivity index (χ3v) is 3.32. The number of aromatic hydroxyl groups is 1. The van der Waals surface area contributed by atoms with E-state index < -0.39 is 11.8 Å². The molecule has 0 spiro atoms. The van der Waals surface area contributed by atoms with Gasteiger partial charge in [0.1, 0.15) is 5.75 Å². The van der Waals surface area contributed by atoms with Crippen molar-refractivity contribution in [3.63, 3.8) is 0 Å². The molecule has 2 amide bonds. The maximum atomic E-state index is 12.4. The predicted molar refractivity (Wildman–Crippen MR) is 94.1 cm³/mol. The molecule has 0 heterocycles. The predicted octanol–water partition coefficient (Wildman–Crippen LogP) is 2.37. The third-order valence-electron chi connectivity index (χ3n) is 3.32. The van der Waals surface area contributed by atoms with Crippen LogP contribution in [-0.2, 0) is 9.59 Å². The molecule has 0 fully saturated rings. The minimum absolute atomic E-state index is 0.0596. The topological polar surface area (TPSA) is 95.9 Å². The van der Waals surface area contributed by atoms with Crippen LogP contribution in [0.5, 0.6) is 11.5 Å². The van der Waals surface area contributed by atoms with Crippen LogP contribution in [0.3, 0.4) is 0 Å². The first-order chi connectivity index (χ1) is 12.3. The Morgan fingerprint density at radius 2 is 1.73 bits per heavy atom.